The summed E-state index contributed by atoms with van der Waals surface area (Å²) in [5.41, 5.74) is 1.24. The van der Waals surface area contributed by atoms with Gasteiger partial charge in [-0.05, 0) is 53.5 Å². The first-order chi connectivity index (χ1) is 19.0. The minimum absolute atomic E-state index is 0.00627. The highest BCUT2D eigenvalue weighted by atomic mass is 16.5. The number of carbonyl (C=O) groups is 1. The van der Waals surface area contributed by atoms with Crippen LogP contribution in [0.4, 0.5) is 4.79 Å². The number of aromatic hydroxyl groups is 1. The minimum Gasteiger partial charge on any atom is -0.507 e. The van der Waals surface area contributed by atoms with Crippen molar-refractivity contribution in [1.29, 1.82) is 0 Å². The molecule has 6 nitrogen and oxygen atoms in total. The molecule has 2 N–H and O–H groups in total. The van der Waals surface area contributed by atoms with E-state index in [2.05, 4.69) is 5.32 Å². The van der Waals surface area contributed by atoms with Gasteiger partial charge in [0.1, 0.15) is 29.2 Å². The van der Waals surface area contributed by atoms with Gasteiger partial charge >= 0.3 is 11.7 Å². The Bertz CT molecular complexity index is 1510. The molecule has 0 spiro atoms. The number of hydrogen-bond donors (Lipinski definition) is 2. The molecule has 0 radical (unpaired) electrons. The maximum Gasteiger partial charge on any atom is 0.408 e. The topological polar surface area (TPSA) is 88.8 Å². The lowest BCUT2D eigenvalue weighted by molar-refractivity contribution is 0.126. The van der Waals surface area contributed by atoms with Crippen molar-refractivity contribution in [2.45, 2.75) is 38.3 Å². The monoisotopic (exact) mass is 521 g/mol. The van der Waals surface area contributed by atoms with Gasteiger partial charge in [-0.3, -0.25) is 0 Å². The molecule has 1 heterocycles. The van der Waals surface area contributed by atoms with Crippen LogP contribution in [-0.2, 0) is 16.9 Å². The molecule has 0 bridgehead atoms. The molecule has 6 heteroatoms. The zero-order chi connectivity index (χ0) is 27.2. The molecule has 1 aliphatic carbocycles. The zero-order valence-corrected chi connectivity index (χ0v) is 21.8. The zero-order valence-electron chi connectivity index (χ0n) is 21.8. The number of hydrogen-bond acceptors (Lipinski definition) is 5. The second-order valence-electron chi connectivity index (χ2n) is 9.73. The summed E-state index contributed by atoms with van der Waals surface area (Å²) in [6.45, 7) is 2.04. The summed E-state index contributed by atoms with van der Waals surface area (Å²) >= 11 is 0. The number of nitrogens with one attached hydrogen (secondary N) is 1. The first-order valence-electron chi connectivity index (χ1n) is 13.2. The van der Waals surface area contributed by atoms with Gasteiger partial charge in [0.25, 0.3) is 0 Å². The number of ether oxygens (including phenoxy) is 1. The molecule has 1 aliphatic rings. The normalized spacial score (nSPS) is 14.8. The molecule has 0 saturated heterocycles. The Morgan fingerprint density at radius 1 is 1.00 bits per heavy atom. The Labute approximate surface area is 227 Å². The highest BCUT2D eigenvalue weighted by Crippen LogP contribution is 2.51. The molecule has 4 aromatic rings. The van der Waals surface area contributed by atoms with Crippen molar-refractivity contribution in [3.63, 3.8) is 0 Å². The number of amides is 1. The van der Waals surface area contributed by atoms with Crippen LogP contribution in [0.15, 0.2) is 106 Å². The minimum atomic E-state index is -1.31. The van der Waals surface area contributed by atoms with E-state index in [1.807, 2.05) is 104 Å². The Kier molecular flexibility index (Phi) is 7.64. The second-order valence-corrected chi connectivity index (χ2v) is 9.73. The molecule has 198 valence electrons. The van der Waals surface area contributed by atoms with E-state index < -0.39 is 17.3 Å². The molecular weight excluding hydrogens is 490 g/mol. The van der Waals surface area contributed by atoms with Crippen LogP contribution in [0.5, 0.6) is 5.75 Å². The maximum atomic E-state index is 13.7. The molecule has 1 fully saturated rings. The lowest BCUT2D eigenvalue weighted by atomic mass is 9.78. The number of benzene rings is 3. The summed E-state index contributed by atoms with van der Waals surface area (Å²) < 4.78 is 11.4. The van der Waals surface area contributed by atoms with E-state index in [9.17, 15) is 14.7 Å². The van der Waals surface area contributed by atoms with Gasteiger partial charge in [0.15, 0.2) is 0 Å². The summed E-state index contributed by atoms with van der Waals surface area (Å²) in [7, 11) is 0. The van der Waals surface area contributed by atoms with E-state index >= 15 is 0 Å². The van der Waals surface area contributed by atoms with Gasteiger partial charge < -0.3 is 19.6 Å². The average molecular weight is 522 g/mol. The Balaban J connectivity index is 1.56. The van der Waals surface area contributed by atoms with Crippen molar-refractivity contribution in [3.8, 4) is 5.75 Å². The highest BCUT2D eigenvalue weighted by Gasteiger charge is 2.52. The summed E-state index contributed by atoms with van der Waals surface area (Å²) in [4.78, 5) is 26.9. The Morgan fingerprint density at radius 2 is 1.62 bits per heavy atom. The first kappa shape index (κ1) is 26.0. The maximum absolute atomic E-state index is 13.7. The number of rotatable bonds is 9. The molecular formula is C33H31NO5. The van der Waals surface area contributed by atoms with Crippen LogP contribution < -0.4 is 10.9 Å². The molecule has 1 unspecified atom stereocenters. The van der Waals surface area contributed by atoms with Crippen molar-refractivity contribution < 1.29 is 19.1 Å². The molecule has 1 aromatic heterocycles. The van der Waals surface area contributed by atoms with Crippen molar-refractivity contribution >= 4 is 17.7 Å². The smallest absolute Gasteiger partial charge is 0.408 e. The van der Waals surface area contributed by atoms with Crippen LogP contribution in [0.25, 0.3) is 11.6 Å². The third-order valence-electron chi connectivity index (χ3n) is 7.09. The number of allylic oxidation sites excluding steroid dienone is 1. The van der Waals surface area contributed by atoms with E-state index in [1.165, 1.54) is 6.07 Å². The predicted octanol–water partition coefficient (Wildman–Crippen LogP) is 6.88. The van der Waals surface area contributed by atoms with Crippen LogP contribution in [0.2, 0.25) is 0 Å². The fraction of sp³-hybridized carbons (Fsp3) is 0.212. The van der Waals surface area contributed by atoms with E-state index in [4.69, 9.17) is 9.15 Å². The average Bonchev–Trinajstić information content (AvgIpc) is 3.81. The predicted molar refractivity (Wildman–Crippen MR) is 151 cm³/mol. The van der Waals surface area contributed by atoms with Crippen LogP contribution in [0.3, 0.4) is 0 Å². The van der Waals surface area contributed by atoms with Crippen molar-refractivity contribution in [1.82, 2.24) is 5.32 Å². The van der Waals surface area contributed by atoms with Gasteiger partial charge in [-0.15, -0.1) is 0 Å². The summed E-state index contributed by atoms with van der Waals surface area (Å²) in [6, 6.07) is 29.8. The van der Waals surface area contributed by atoms with Crippen molar-refractivity contribution in [3.05, 3.63) is 135 Å². The summed E-state index contributed by atoms with van der Waals surface area (Å²) in [5, 5.41) is 14.4. The van der Waals surface area contributed by atoms with Gasteiger partial charge in [0.2, 0.25) is 0 Å². The van der Waals surface area contributed by atoms with E-state index in [1.54, 1.807) is 0 Å². The van der Waals surface area contributed by atoms with Crippen LogP contribution in [0, 0.1) is 5.92 Å². The highest BCUT2D eigenvalue weighted by molar-refractivity contribution is 5.79. The molecule has 3 aromatic carbocycles. The third kappa shape index (κ3) is 5.65. The van der Waals surface area contributed by atoms with Crippen LogP contribution >= 0.6 is 0 Å². The fourth-order valence-electron chi connectivity index (χ4n) is 5.06. The van der Waals surface area contributed by atoms with E-state index in [0.29, 0.717) is 12.0 Å². The van der Waals surface area contributed by atoms with Crippen LogP contribution in [-0.4, -0.2) is 11.2 Å². The molecule has 39 heavy (non-hydrogen) atoms. The lowest BCUT2D eigenvalue weighted by Crippen LogP contribution is -2.51. The van der Waals surface area contributed by atoms with Crippen molar-refractivity contribution in [2.75, 3.05) is 0 Å². The molecule has 0 aliphatic heterocycles. The SMILES string of the molecule is CCC(=Cc1ccccc1)c1cc(O)c(C(NC(=O)OCc2ccccc2)(c2ccccc2)C2CC2)c(=O)o1. The van der Waals surface area contributed by atoms with Crippen molar-refractivity contribution in [2.24, 2.45) is 5.92 Å². The van der Waals surface area contributed by atoms with Gasteiger partial charge in [-0.1, -0.05) is 97.9 Å². The standard InChI is InChI=1S/C33H31NO5/c1-2-25(20-23-12-6-3-7-13-23)29-21-28(35)30(31(36)39-29)33(27-18-19-27,26-16-10-5-11-17-26)34-32(37)38-22-24-14-8-4-9-15-24/h3-17,20-21,27,35H,2,18-19,22H2,1H3,(H,34,37). The summed E-state index contributed by atoms with van der Waals surface area (Å²) in [5.74, 6) is -0.0564. The Hall–Kier alpha value is -4.58. The lowest BCUT2D eigenvalue weighted by Gasteiger charge is -2.35. The number of alkyl carbamates (subject to hydrolysis) is 1. The first-order valence-corrected chi connectivity index (χ1v) is 13.2. The third-order valence-corrected chi connectivity index (χ3v) is 7.09. The molecule has 1 saturated carbocycles. The van der Waals surface area contributed by atoms with E-state index in [-0.39, 0.29) is 29.6 Å². The number of carbonyl (C=O) groups excluding carboxylic acids is 1. The van der Waals surface area contributed by atoms with Gasteiger partial charge in [0.05, 0.1) is 0 Å². The molecule has 5 rings (SSSR count). The van der Waals surface area contributed by atoms with Gasteiger partial charge in [-0.25, -0.2) is 9.59 Å². The molecule has 1 amide bonds. The van der Waals surface area contributed by atoms with Gasteiger partial charge in [-0.2, -0.15) is 0 Å². The second kappa shape index (κ2) is 11.4. The largest absolute Gasteiger partial charge is 0.507 e. The fourth-order valence-corrected chi connectivity index (χ4v) is 5.06. The Morgan fingerprint density at radius 3 is 2.21 bits per heavy atom. The molecule has 1 atom stereocenters. The summed E-state index contributed by atoms with van der Waals surface area (Å²) in [6.07, 6.45) is 3.37. The quantitative estimate of drug-likeness (QED) is 0.251. The van der Waals surface area contributed by atoms with E-state index in [0.717, 1.165) is 29.5 Å². The van der Waals surface area contributed by atoms with Crippen LogP contribution in [0.1, 0.15) is 54.2 Å². The van der Waals surface area contributed by atoms with Gasteiger partial charge in [0, 0.05) is 6.07 Å².